The van der Waals surface area contributed by atoms with Gasteiger partial charge in [0.25, 0.3) is 0 Å². The topological polar surface area (TPSA) is 107 Å². The van der Waals surface area contributed by atoms with E-state index in [2.05, 4.69) is 20.4 Å². The maximum atomic E-state index is 12.5. The molecule has 1 aliphatic rings. The first kappa shape index (κ1) is 26.6. The molecule has 0 spiro atoms. The van der Waals surface area contributed by atoms with Gasteiger partial charge in [-0.15, -0.1) is 11.3 Å². The summed E-state index contributed by atoms with van der Waals surface area (Å²) in [7, 11) is -3.83. The number of aryl methyl sites for hydroxylation is 1. The van der Waals surface area contributed by atoms with Gasteiger partial charge in [0.15, 0.2) is 9.84 Å². The molecule has 38 heavy (non-hydrogen) atoms. The molecular weight excluding hydrogens is 565 g/mol. The smallest absolute Gasteiger partial charge is 0.235 e. The fourth-order valence-electron chi connectivity index (χ4n) is 4.30. The number of hydrogen-bond donors (Lipinski definition) is 1. The van der Waals surface area contributed by atoms with E-state index in [1.54, 1.807) is 0 Å². The molecule has 1 aliphatic carbocycles. The average Bonchev–Trinajstić information content (AvgIpc) is 3.48. The SMILES string of the molecule is O=C(CS(=O)(=O)c1cc(Cl)c(Cl)s1)NC/C=C1\CCCc2cnn(Cc3ncc(-c4ccccc4)cn3)c21. The third kappa shape index (κ3) is 5.99. The van der Waals surface area contributed by atoms with Gasteiger partial charge in [-0.1, -0.05) is 59.6 Å². The molecule has 0 aliphatic heterocycles. The van der Waals surface area contributed by atoms with Gasteiger partial charge in [-0.3, -0.25) is 9.48 Å². The van der Waals surface area contributed by atoms with E-state index >= 15 is 0 Å². The van der Waals surface area contributed by atoms with Crippen molar-refractivity contribution in [3.05, 3.63) is 87.5 Å². The lowest BCUT2D eigenvalue weighted by atomic mass is 9.92. The maximum absolute atomic E-state index is 12.5. The molecule has 1 amide bonds. The predicted octanol–water partition coefficient (Wildman–Crippen LogP) is 5.07. The molecule has 12 heteroatoms. The summed E-state index contributed by atoms with van der Waals surface area (Å²) in [5, 5.41) is 7.40. The Labute approximate surface area is 234 Å². The first-order chi connectivity index (χ1) is 18.3. The highest BCUT2D eigenvalue weighted by atomic mass is 35.5. The molecule has 0 bridgehead atoms. The highest BCUT2D eigenvalue weighted by Gasteiger charge is 2.23. The highest BCUT2D eigenvalue weighted by Crippen LogP contribution is 2.35. The summed E-state index contributed by atoms with van der Waals surface area (Å²) in [6.45, 7) is 0.612. The molecule has 0 fully saturated rings. The van der Waals surface area contributed by atoms with Crippen LogP contribution in [0.2, 0.25) is 9.36 Å². The van der Waals surface area contributed by atoms with Gasteiger partial charge in [-0.25, -0.2) is 18.4 Å². The van der Waals surface area contributed by atoms with Crippen molar-refractivity contribution < 1.29 is 13.2 Å². The normalized spacial score (nSPS) is 14.4. The minimum Gasteiger partial charge on any atom is -0.352 e. The van der Waals surface area contributed by atoms with Crippen LogP contribution >= 0.6 is 34.5 Å². The molecule has 4 aromatic rings. The van der Waals surface area contributed by atoms with Gasteiger partial charge >= 0.3 is 0 Å². The van der Waals surface area contributed by atoms with Gasteiger partial charge < -0.3 is 5.32 Å². The quantitative estimate of drug-likeness (QED) is 0.308. The van der Waals surface area contributed by atoms with Gasteiger partial charge in [-0.05, 0) is 42.0 Å². The van der Waals surface area contributed by atoms with Crippen LogP contribution in [-0.2, 0) is 27.6 Å². The molecular formula is C26H23Cl2N5O3S2. The van der Waals surface area contributed by atoms with Gasteiger partial charge in [0.1, 0.15) is 26.7 Å². The zero-order valence-electron chi connectivity index (χ0n) is 20.1. The van der Waals surface area contributed by atoms with E-state index in [1.807, 2.05) is 59.7 Å². The number of carbonyl (C=O) groups excluding carboxylic acids is 1. The van der Waals surface area contributed by atoms with Crippen LogP contribution in [-0.4, -0.2) is 46.4 Å². The second kappa shape index (κ2) is 11.4. The molecule has 0 unspecified atom stereocenters. The van der Waals surface area contributed by atoms with Crippen LogP contribution in [0.3, 0.4) is 0 Å². The summed E-state index contributed by atoms with van der Waals surface area (Å²) < 4.78 is 27.1. The second-order valence-electron chi connectivity index (χ2n) is 8.76. The minimum atomic E-state index is -3.83. The molecule has 196 valence electrons. The summed E-state index contributed by atoms with van der Waals surface area (Å²) in [5.74, 6) is -0.630. The Bertz CT molecular complexity index is 1580. The Kier molecular flexibility index (Phi) is 7.94. The van der Waals surface area contributed by atoms with E-state index in [-0.39, 0.29) is 20.1 Å². The number of thiophene rings is 1. The Morgan fingerprint density at radius 2 is 1.84 bits per heavy atom. The lowest BCUT2D eigenvalue weighted by Crippen LogP contribution is -2.30. The fraction of sp³-hybridized carbons (Fsp3) is 0.231. The van der Waals surface area contributed by atoms with E-state index in [1.165, 1.54) is 6.07 Å². The molecule has 8 nitrogen and oxygen atoms in total. The molecule has 0 atom stereocenters. The minimum absolute atomic E-state index is 0.0270. The van der Waals surface area contributed by atoms with Crippen molar-refractivity contribution >= 4 is 55.9 Å². The van der Waals surface area contributed by atoms with E-state index in [9.17, 15) is 13.2 Å². The second-order valence-corrected chi connectivity index (χ2v) is 13.0. The largest absolute Gasteiger partial charge is 0.352 e. The van der Waals surface area contributed by atoms with Crippen molar-refractivity contribution in [1.82, 2.24) is 25.1 Å². The zero-order valence-corrected chi connectivity index (χ0v) is 23.2. The van der Waals surface area contributed by atoms with Gasteiger partial charge in [0.2, 0.25) is 5.91 Å². The number of nitrogens with one attached hydrogen (secondary N) is 1. The lowest BCUT2D eigenvalue weighted by molar-refractivity contribution is -0.118. The Balaban J connectivity index is 1.25. The number of fused-ring (bicyclic) bond motifs is 1. The molecule has 3 heterocycles. The number of aromatic nitrogens is 4. The summed E-state index contributed by atoms with van der Waals surface area (Å²) in [5.41, 5.74) is 5.17. The van der Waals surface area contributed by atoms with Crippen molar-refractivity contribution in [1.29, 1.82) is 0 Å². The van der Waals surface area contributed by atoms with Gasteiger partial charge in [0.05, 0.1) is 16.9 Å². The van der Waals surface area contributed by atoms with Crippen molar-refractivity contribution in [2.24, 2.45) is 0 Å². The Morgan fingerprint density at radius 3 is 2.55 bits per heavy atom. The number of rotatable bonds is 8. The maximum Gasteiger partial charge on any atom is 0.235 e. The Morgan fingerprint density at radius 1 is 1.08 bits per heavy atom. The average molecular weight is 589 g/mol. The van der Waals surface area contributed by atoms with Crippen LogP contribution in [0.5, 0.6) is 0 Å². The van der Waals surface area contributed by atoms with Crippen LogP contribution in [0.1, 0.15) is 29.9 Å². The zero-order chi connectivity index (χ0) is 26.7. The third-order valence-corrected chi connectivity index (χ3v) is 10.2. The van der Waals surface area contributed by atoms with E-state index in [0.29, 0.717) is 12.4 Å². The standard InChI is InChI=1S/C26H23Cl2N5O3S2/c27-21-11-24(37-26(21)28)38(35,36)16-23(34)29-10-9-18-7-4-8-19-14-32-33(25(18)19)15-22-30-12-20(13-31-22)17-5-2-1-3-6-17/h1-3,5-6,9,11-14H,4,7-8,10,15-16H2,(H,29,34)/b18-9+. The third-order valence-electron chi connectivity index (χ3n) is 6.11. The number of hydrogen-bond acceptors (Lipinski definition) is 7. The number of sulfone groups is 1. The van der Waals surface area contributed by atoms with Crippen molar-refractivity contribution in [2.75, 3.05) is 12.3 Å². The van der Waals surface area contributed by atoms with Crippen molar-refractivity contribution in [2.45, 2.75) is 30.0 Å². The number of nitrogens with zero attached hydrogens (tertiary/aromatic N) is 4. The van der Waals surface area contributed by atoms with Crippen molar-refractivity contribution in [3.63, 3.8) is 0 Å². The van der Waals surface area contributed by atoms with Gasteiger partial charge in [-0.2, -0.15) is 5.10 Å². The van der Waals surface area contributed by atoms with Crippen LogP contribution in [0.15, 0.2) is 65.3 Å². The molecule has 3 aromatic heterocycles. The van der Waals surface area contributed by atoms with Crippen LogP contribution in [0.4, 0.5) is 0 Å². The highest BCUT2D eigenvalue weighted by molar-refractivity contribution is 7.94. The fourth-order valence-corrected chi connectivity index (χ4v) is 7.42. The number of amides is 1. The molecule has 0 saturated heterocycles. The number of carbonyl (C=O) groups is 1. The summed E-state index contributed by atoms with van der Waals surface area (Å²) in [6, 6.07) is 11.2. The van der Waals surface area contributed by atoms with E-state index < -0.39 is 21.5 Å². The summed E-state index contributed by atoms with van der Waals surface area (Å²) >= 11 is 12.6. The van der Waals surface area contributed by atoms with E-state index in [0.717, 1.165) is 58.6 Å². The molecule has 0 radical (unpaired) electrons. The van der Waals surface area contributed by atoms with Crippen LogP contribution < -0.4 is 5.32 Å². The lowest BCUT2D eigenvalue weighted by Gasteiger charge is -2.18. The number of allylic oxidation sites excluding steroid dienone is 1. The van der Waals surface area contributed by atoms with E-state index in [4.69, 9.17) is 23.2 Å². The molecule has 5 rings (SSSR count). The van der Waals surface area contributed by atoms with Gasteiger partial charge in [0, 0.05) is 24.5 Å². The monoisotopic (exact) mass is 587 g/mol. The molecule has 1 N–H and O–H groups in total. The number of benzene rings is 1. The number of halogens is 2. The Hall–Kier alpha value is -3.05. The van der Waals surface area contributed by atoms with Crippen molar-refractivity contribution in [3.8, 4) is 11.1 Å². The first-order valence-corrected chi connectivity index (χ1v) is 15.1. The summed E-state index contributed by atoms with van der Waals surface area (Å²) in [6.07, 6.45) is 10.1. The first-order valence-electron chi connectivity index (χ1n) is 11.8. The molecule has 1 aromatic carbocycles. The predicted molar refractivity (Wildman–Crippen MR) is 149 cm³/mol. The summed E-state index contributed by atoms with van der Waals surface area (Å²) in [4.78, 5) is 21.5. The molecule has 0 saturated carbocycles. The van der Waals surface area contributed by atoms with Crippen LogP contribution in [0, 0.1) is 0 Å². The van der Waals surface area contributed by atoms with Crippen LogP contribution in [0.25, 0.3) is 16.7 Å².